The molecule has 1 heteroatoms. The first-order valence-electron chi connectivity index (χ1n) is 5.99. The minimum atomic E-state index is 0.585. The van der Waals surface area contributed by atoms with Gasteiger partial charge in [0.2, 0.25) is 0 Å². The summed E-state index contributed by atoms with van der Waals surface area (Å²) in [5.41, 5.74) is 5.89. The van der Waals surface area contributed by atoms with E-state index in [0.29, 0.717) is 5.92 Å². The molecule has 1 aliphatic rings. The molecule has 0 heterocycles. The molecular formula is C16H14Zr+2. The fraction of sp³-hybridized carbons (Fsp3) is 0.188. The Morgan fingerprint density at radius 3 is 1.88 bits per heavy atom. The van der Waals surface area contributed by atoms with E-state index in [-0.39, 0.29) is 0 Å². The van der Waals surface area contributed by atoms with Crippen molar-refractivity contribution in [1.29, 1.82) is 0 Å². The summed E-state index contributed by atoms with van der Waals surface area (Å²) in [6, 6.07) is 17.7. The third-order valence-corrected chi connectivity index (χ3v) is 3.97. The van der Waals surface area contributed by atoms with Gasteiger partial charge in [0, 0.05) is 0 Å². The van der Waals surface area contributed by atoms with E-state index in [0.717, 1.165) is 0 Å². The van der Waals surface area contributed by atoms with E-state index < -0.39 is 0 Å². The zero-order chi connectivity index (χ0) is 11.8. The van der Waals surface area contributed by atoms with Crippen molar-refractivity contribution in [2.45, 2.75) is 19.3 Å². The molecule has 0 amide bonds. The average molecular weight is 298 g/mol. The molecular weight excluding hydrogens is 283 g/mol. The van der Waals surface area contributed by atoms with Crippen LogP contribution in [0.1, 0.15) is 30.4 Å². The van der Waals surface area contributed by atoms with Gasteiger partial charge in [-0.2, -0.15) is 0 Å². The maximum absolute atomic E-state index is 2.29. The number of benzene rings is 2. The number of hydrogen-bond acceptors (Lipinski definition) is 0. The predicted molar refractivity (Wildman–Crippen MR) is 69.0 cm³/mol. The van der Waals surface area contributed by atoms with Crippen molar-refractivity contribution in [2.24, 2.45) is 0 Å². The topological polar surface area (TPSA) is 0 Å². The molecule has 0 atom stereocenters. The van der Waals surface area contributed by atoms with E-state index in [9.17, 15) is 0 Å². The Kier molecular flexibility index (Phi) is 2.96. The molecule has 3 rings (SSSR count). The van der Waals surface area contributed by atoms with Crippen molar-refractivity contribution in [2.75, 3.05) is 0 Å². The Morgan fingerprint density at radius 1 is 0.941 bits per heavy atom. The van der Waals surface area contributed by atoms with Gasteiger partial charge in [-0.1, -0.05) is 0 Å². The normalized spacial score (nSPS) is 13.4. The molecule has 0 fully saturated rings. The van der Waals surface area contributed by atoms with Crippen LogP contribution in [0.4, 0.5) is 0 Å². The maximum atomic E-state index is 2.29. The van der Waals surface area contributed by atoms with E-state index in [1.807, 2.05) is 0 Å². The molecule has 0 N–H and O–H groups in total. The van der Waals surface area contributed by atoms with Gasteiger partial charge < -0.3 is 0 Å². The van der Waals surface area contributed by atoms with E-state index in [4.69, 9.17) is 0 Å². The fourth-order valence-electron chi connectivity index (χ4n) is 2.79. The molecule has 0 unspecified atom stereocenters. The number of rotatable bonds is 2. The van der Waals surface area contributed by atoms with Gasteiger partial charge in [-0.25, -0.2) is 0 Å². The van der Waals surface area contributed by atoms with Crippen LogP contribution < -0.4 is 0 Å². The van der Waals surface area contributed by atoms with Crippen LogP contribution in [-0.2, 0) is 24.2 Å². The zero-order valence-corrected chi connectivity index (χ0v) is 12.4. The van der Waals surface area contributed by atoms with Crippen molar-refractivity contribution >= 4 is 3.21 Å². The van der Waals surface area contributed by atoms with Crippen LogP contribution in [-0.4, -0.2) is 3.21 Å². The zero-order valence-electron chi connectivity index (χ0n) is 9.90. The van der Waals surface area contributed by atoms with Gasteiger partial charge in [0.1, 0.15) is 0 Å². The second-order valence-electron chi connectivity index (χ2n) is 4.71. The summed E-state index contributed by atoms with van der Waals surface area (Å²) in [6.45, 7) is 2.27. The third kappa shape index (κ3) is 1.91. The van der Waals surface area contributed by atoms with E-state index in [1.165, 1.54) is 28.7 Å². The van der Waals surface area contributed by atoms with Gasteiger partial charge in [0.15, 0.2) is 0 Å². The van der Waals surface area contributed by atoms with Gasteiger partial charge in [0.25, 0.3) is 0 Å². The molecule has 0 aromatic heterocycles. The van der Waals surface area contributed by atoms with Gasteiger partial charge in [0.05, 0.1) is 0 Å². The molecule has 1 aliphatic carbocycles. The van der Waals surface area contributed by atoms with Crippen LogP contribution in [0.2, 0.25) is 0 Å². The first-order valence-corrected chi connectivity index (χ1v) is 7.22. The summed E-state index contributed by atoms with van der Waals surface area (Å²) in [5, 5.41) is 0. The van der Waals surface area contributed by atoms with Gasteiger partial charge >= 0.3 is 117 Å². The van der Waals surface area contributed by atoms with Crippen molar-refractivity contribution in [3.8, 4) is 11.1 Å². The molecule has 17 heavy (non-hydrogen) atoms. The Balaban J connectivity index is 2.20. The quantitative estimate of drug-likeness (QED) is 0.788. The minimum absolute atomic E-state index is 0.585. The van der Waals surface area contributed by atoms with Crippen molar-refractivity contribution in [1.82, 2.24) is 0 Å². The summed E-state index contributed by atoms with van der Waals surface area (Å²) in [4.78, 5) is 0. The standard InChI is InChI=1S/C16H14.Zr/c1-2-7-12-13-8-3-5-10-15(13)16-11-6-4-9-14(12)16;/h3-6,8-12H,7H2,1H3;/q;+2. The van der Waals surface area contributed by atoms with Gasteiger partial charge in [-0.05, 0) is 0 Å². The second kappa shape index (κ2) is 4.46. The molecule has 0 saturated carbocycles. The molecule has 2 aromatic rings. The SMILES string of the molecule is C[C](=[Zr+2])CC1c2ccccc2-c2ccccc21. The Morgan fingerprint density at radius 2 is 1.41 bits per heavy atom. The van der Waals surface area contributed by atoms with Crippen LogP contribution in [0.3, 0.4) is 0 Å². The summed E-state index contributed by atoms with van der Waals surface area (Å²) >= 11 is 1.56. The molecule has 0 nitrogen and oxygen atoms in total. The number of fused-ring (bicyclic) bond motifs is 3. The van der Waals surface area contributed by atoms with Crippen LogP contribution >= 0.6 is 0 Å². The Hall–Kier alpha value is -0.807. The van der Waals surface area contributed by atoms with Crippen LogP contribution in [0.5, 0.6) is 0 Å². The molecule has 0 radical (unpaired) electrons. The first-order chi connectivity index (χ1) is 8.27. The first kappa shape index (κ1) is 11.3. The van der Waals surface area contributed by atoms with E-state index in [1.54, 1.807) is 27.4 Å². The van der Waals surface area contributed by atoms with Crippen LogP contribution in [0.25, 0.3) is 11.1 Å². The molecule has 2 aromatic carbocycles. The van der Waals surface area contributed by atoms with Crippen LogP contribution in [0.15, 0.2) is 48.5 Å². The summed E-state index contributed by atoms with van der Waals surface area (Å²) in [5.74, 6) is 0.585. The molecule has 0 spiro atoms. The third-order valence-electron chi connectivity index (χ3n) is 3.47. The Labute approximate surface area is 117 Å². The van der Waals surface area contributed by atoms with Crippen molar-refractivity contribution < 1.29 is 24.2 Å². The summed E-state index contributed by atoms with van der Waals surface area (Å²) < 4.78 is 1.59. The summed E-state index contributed by atoms with van der Waals surface area (Å²) in [7, 11) is 0. The Bertz CT molecular complexity index is 538. The van der Waals surface area contributed by atoms with Crippen molar-refractivity contribution in [3.05, 3.63) is 59.7 Å². The molecule has 0 bridgehead atoms. The van der Waals surface area contributed by atoms with Crippen molar-refractivity contribution in [3.63, 3.8) is 0 Å². The van der Waals surface area contributed by atoms with Crippen LogP contribution in [0, 0.1) is 0 Å². The molecule has 0 saturated heterocycles. The fourth-order valence-corrected chi connectivity index (χ4v) is 3.29. The predicted octanol–water partition coefficient (Wildman–Crippen LogP) is 3.93. The second-order valence-corrected chi connectivity index (χ2v) is 6.81. The average Bonchev–Trinajstić information content (AvgIpc) is 2.65. The van der Waals surface area contributed by atoms with Gasteiger partial charge in [-0.15, -0.1) is 0 Å². The van der Waals surface area contributed by atoms with E-state index >= 15 is 0 Å². The molecule has 80 valence electrons. The molecule has 0 aliphatic heterocycles. The summed E-state index contributed by atoms with van der Waals surface area (Å²) in [6.07, 6.45) is 1.20. The van der Waals surface area contributed by atoms with Gasteiger partial charge in [-0.3, -0.25) is 0 Å². The monoisotopic (exact) mass is 296 g/mol. The van der Waals surface area contributed by atoms with E-state index in [2.05, 4.69) is 55.5 Å². The number of hydrogen-bond donors (Lipinski definition) is 0.